The van der Waals surface area contributed by atoms with Gasteiger partial charge in [0.2, 0.25) is 0 Å². The highest BCUT2D eigenvalue weighted by atomic mass is 32.2. The Hall–Kier alpha value is -0.540. The zero-order chi connectivity index (χ0) is 14.6. The summed E-state index contributed by atoms with van der Waals surface area (Å²) in [6, 6.07) is 0. The van der Waals surface area contributed by atoms with E-state index in [1.165, 1.54) is 4.31 Å². The van der Waals surface area contributed by atoms with Gasteiger partial charge in [0.1, 0.15) is 0 Å². The van der Waals surface area contributed by atoms with E-state index in [9.17, 15) is 8.42 Å². The van der Waals surface area contributed by atoms with Crippen LogP contribution in [-0.4, -0.2) is 49.1 Å². The largest absolute Gasteiger partial charge is 0.396 e. The van der Waals surface area contributed by atoms with E-state index in [1.54, 1.807) is 11.3 Å². The minimum absolute atomic E-state index is 0.0460. The summed E-state index contributed by atoms with van der Waals surface area (Å²) in [5, 5.41) is 12.1. The quantitative estimate of drug-likeness (QED) is 0.801. The molecule has 0 aliphatic carbocycles. The lowest BCUT2D eigenvalue weighted by molar-refractivity contribution is 0.165. The third-order valence-corrected chi connectivity index (χ3v) is 5.98. The smallest absolute Gasteiger partial charge is 0.279 e. The maximum absolute atomic E-state index is 12.2. The standard InChI is InChI=1S/C12H21N3O3S2/c1-10-9-19-12(14-10)4-5-13-20(17,18)15-6-2-3-11(7-15)8-16/h9,11,13,16H,2-8H2,1H3. The average Bonchev–Trinajstić information content (AvgIpc) is 2.84. The van der Waals surface area contributed by atoms with Crippen LogP contribution in [0.5, 0.6) is 0 Å². The molecule has 1 aromatic rings. The molecule has 2 rings (SSSR count). The Labute approximate surface area is 124 Å². The fraction of sp³-hybridized carbons (Fsp3) is 0.750. The van der Waals surface area contributed by atoms with E-state index in [2.05, 4.69) is 9.71 Å². The summed E-state index contributed by atoms with van der Waals surface area (Å²) in [5.41, 5.74) is 0.967. The van der Waals surface area contributed by atoms with Crippen molar-refractivity contribution in [2.45, 2.75) is 26.2 Å². The number of hydrogen-bond donors (Lipinski definition) is 2. The van der Waals surface area contributed by atoms with Gasteiger partial charge in [-0.2, -0.15) is 12.7 Å². The van der Waals surface area contributed by atoms with E-state index in [1.807, 2.05) is 12.3 Å². The Bertz CT molecular complexity index is 530. The molecule has 0 spiro atoms. The molecular formula is C12H21N3O3S2. The van der Waals surface area contributed by atoms with Gasteiger partial charge in [0.15, 0.2) is 0 Å². The maximum Gasteiger partial charge on any atom is 0.279 e. The number of nitrogens with one attached hydrogen (secondary N) is 1. The summed E-state index contributed by atoms with van der Waals surface area (Å²) in [5.74, 6) is 0.0573. The molecule has 2 heterocycles. The molecule has 1 atom stereocenters. The Kier molecular flexibility index (Phi) is 5.50. The summed E-state index contributed by atoms with van der Waals surface area (Å²) < 4.78 is 28.4. The lowest BCUT2D eigenvalue weighted by atomic mass is 10.0. The molecule has 0 amide bonds. The zero-order valence-electron chi connectivity index (χ0n) is 11.6. The second-order valence-electron chi connectivity index (χ2n) is 5.08. The third-order valence-electron chi connectivity index (χ3n) is 3.37. The predicted molar refractivity (Wildman–Crippen MR) is 78.9 cm³/mol. The lowest BCUT2D eigenvalue weighted by Crippen LogP contribution is -2.47. The van der Waals surface area contributed by atoms with Gasteiger partial charge in [0.05, 0.1) is 5.01 Å². The number of hydrogen-bond acceptors (Lipinski definition) is 5. The first kappa shape index (κ1) is 15.8. The van der Waals surface area contributed by atoms with Crippen LogP contribution in [-0.2, 0) is 16.6 Å². The van der Waals surface area contributed by atoms with Crippen molar-refractivity contribution in [2.24, 2.45) is 5.92 Å². The summed E-state index contributed by atoms with van der Waals surface area (Å²) in [6.07, 6.45) is 2.30. The Morgan fingerprint density at radius 1 is 1.60 bits per heavy atom. The first-order valence-corrected chi connectivity index (χ1v) is 9.10. The van der Waals surface area contributed by atoms with Gasteiger partial charge in [-0.15, -0.1) is 11.3 Å². The molecule has 0 aromatic carbocycles. The van der Waals surface area contributed by atoms with E-state index in [0.717, 1.165) is 23.5 Å². The minimum Gasteiger partial charge on any atom is -0.396 e. The van der Waals surface area contributed by atoms with Gasteiger partial charge in [-0.25, -0.2) is 9.71 Å². The van der Waals surface area contributed by atoms with Crippen LogP contribution < -0.4 is 4.72 Å². The highest BCUT2D eigenvalue weighted by molar-refractivity contribution is 7.87. The molecule has 1 saturated heterocycles. The van der Waals surface area contributed by atoms with E-state index < -0.39 is 10.2 Å². The number of thiazole rings is 1. The van der Waals surface area contributed by atoms with Gasteiger partial charge in [-0.3, -0.25) is 0 Å². The molecule has 0 radical (unpaired) electrons. The van der Waals surface area contributed by atoms with Crippen molar-refractivity contribution < 1.29 is 13.5 Å². The molecule has 20 heavy (non-hydrogen) atoms. The number of piperidine rings is 1. The topological polar surface area (TPSA) is 82.5 Å². The molecule has 6 nitrogen and oxygen atoms in total. The lowest BCUT2D eigenvalue weighted by Gasteiger charge is -2.30. The molecule has 114 valence electrons. The van der Waals surface area contributed by atoms with E-state index >= 15 is 0 Å². The van der Waals surface area contributed by atoms with Gasteiger partial charge in [-0.1, -0.05) is 0 Å². The van der Waals surface area contributed by atoms with Crippen molar-refractivity contribution in [2.75, 3.05) is 26.2 Å². The van der Waals surface area contributed by atoms with Crippen LogP contribution in [0.4, 0.5) is 0 Å². The van der Waals surface area contributed by atoms with Gasteiger partial charge in [0, 0.05) is 43.7 Å². The molecule has 0 saturated carbocycles. The van der Waals surface area contributed by atoms with Crippen LogP contribution in [0, 0.1) is 12.8 Å². The van der Waals surface area contributed by atoms with E-state index in [4.69, 9.17) is 5.11 Å². The molecule has 1 unspecified atom stereocenters. The number of aryl methyl sites for hydroxylation is 1. The first-order chi connectivity index (χ1) is 9.51. The fourth-order valence-electron chi connectivity index (χ4n) is 2.29. The monoisotopic (exact) mass is 319 g/mol. The van der Waals surface area contributed by atoms with Gasteiger partial charge >= 0.3 is 0 Å². The summed E-state index contributed by atoms with van der Waals surface area (Å²) in [6.45, 7) is 3.26. The molecule has 2 N–H and O–H groups in total. The van der Waals surface area contributed by atoms with Crippen LogP contribution in [0.3, 0.4) is 0 Å². The molecule has 0 bridgehead atoms. The van der Waals surface area contributed by atoms with Crippen LogP contribution in [0.25, 0.3) is 0 Å². The van der Waals surface area contributed by atoms with Crippen molar-refractivity contribution in [3.63, 3.8) is 0 Å². The molecular weight excluding hydrogens is 298 g/mol. The van der Waals surface area contributed by atoms with Crippen molar-refractivity contribution in [1.82, 2.24) is 14.0 Å². The number of rotatable bonds is 6. The first-order valence-electron chi connectivity index (χ1n) is 6.78. The Morgan fingerprint density at radius 3 is 3.05 bits per heavy atom. The zero-order valence-corrected chi connectivity index (χ0v) is 13.2. The van der Waals surface area contributed by atoms with Crippen LogP contribution in [0.2, 0.25) is 0 Å². The normalized spacial score (nSPS) is 21.2. The number of nitrogens with zero attached hydrogens (tertiary/aromatic N) is 2. The highest BCUT2D eigenvalue weighted by Gasteiger charge is 2.28. The van der Waals surface area contributed by atoms with Crippen LogP contribution >= 0.6 is 11.3 Å². The molecule has 1 aromatic heterocycles. The van der Waals surface area contributed by atoms with Crippen LogP contribution in [0.1, 0.15) is 23.5 Å². The van der Waals surface area contributed by atoms with Crippen molar-refractivity contribution in [3.05, 3.63) is 16.1 Å². The second kappa shape index (κ2) is 6.95. The van der Waals surface area contributed by atoms with Gasteiger partial charge < -0.3 is 5.11 Å². The summed E-state index contributed by atoms with van der Waals surface area (Å²) >= 11 is 1.55. The summed E-state index contributed by atoms with van der Waals surface area (Å²) in [4.78, 5) is 4.31. The van der Waals surface area contributed by atoms with Gasteiger partial charge in [0.25, 0.3) is 10.2 Å². The molecule has 1 fully saturated rings. The van der Waals surface area contributed by atoms with E-state index in [-0.39, 0.29) is 12.5 Å². The Balaban J connectivity index is 1.84. The van der Waals surface area contributed by atoms with Gasteiger partial charge in [-0.05, 0) is 25.7 Å². The number of aliphatic hydroxyl groups is 1. The second-order valence-corrected chi connectivity index (χ2v) is 7.78. The van der Waals surface area contributed by atoms with E-state index in [0.29, 0.717) is 26.1 Å². The van der Waals surface area contributed by atoms with Crippen molar-refractivity contribution in [1.29, 1.82) is 0 Å². The molecule has 1 aliphatic rings. The minimum atomic E-state index is -3.44. The van der Waals surface area contributed by atoms with Crippen LogP contribution in [0.15, 0.2) is 5.38 Å². The fourth-order valence-corrected chi connectivity index (χ4v) is 4.38. The molecule has 8 heteroatoms. The maximum atomic E-state index is 12.2. The highest BCUT2D eigenvalue weighted by Crippen LogP contribution is 2.18. The van der Waals surface area contributed by atoms with Crippen molar-refractivity contribution >= 4 is 21.5 Å². The van der Waals surface area contributed by atoms with Crippen molar-refractivity contribution in [3.8, 4) is 0 Å². The summed E-state index contributed by atoms with van der Waals surface area (Å²) in [7, 11) is -3.44. The number of aromatic nitrogens is 1. The third kappa shape index (κ3) is 4.23. The number of aliphatic hydroxyl groups excluding tert-OH is 1. The average molecular weight is 319 g/mol. The molecule has 1 aliphatic heterocycles. The Morgan fingerprint density at radius 2 is 2.40 bits per heavy atom. The SMILES string of the molecule is Cc1csc(CCNS(=O)(=O)N2CCCC(CO)C2)n1. The predicted octanol–water partition coefficient (Wildman–Crippen LogP) is 0.533.